The van der Waals surface area contributed by atoms with Gasteiger partial charge in [-0.3, -0.25) is 13.9 Å². The van der Waals surface area contributed by atoms with Gasteiger partial charge in [0.25, 0.3) is 0 Å². The number of para-hydroxylation sites is 1. The van der Waals surface area contributed by atoms with Crippen molar-refractivity contribution in [3.63, 3.8) is 0 Å². The Labute approximate surface area is 211 Å². The summed E-state index contributed by atoms with van der Waals surface area (Å²) in [6.07, 6.45) is -4.03. The molecule has 1 fully saturated rings. The summed E-state index contributed by atoms with van der Waals surface area (Å²) in [6.45, 7) is 4.24. The van der Waals surface area contributed by atoms with Crippen molar-refractivity contribution in [3.8, 4) is 5.75 Å². The lowest BCUT2D eigenvalue weighted by molar-refractivity contribution is -0.149. The highest BCUT2D eigenvalue weighted by Crippen LogP contribution is 2.46. The summed E-state index contributed by atoms with van der Waals surface area (Å²) < 4.78 is 51.9. The quantitative estimate of drug-likeness (QED) is 0.254. The molecule has 1 aromatic carbocycles. The number of hydrogen-bond donors (Lipinski definition) is 3. The number of nitrogens with two attached hydrogens (primary N) is 1. The lowest BCUT2D eigenvalue weighted by atomic mass is 10.1. The van der Waals surface area contributed by atoms with Crippen LogP contribution >= 0.6 is 7.75 Å². The number of anilines is 1. The monoisotopic (exact) mass is 538 g/mol. The average molecular weight is 538 g/mol. The van der Waals surface area contributed by atoms with Crippen molar-refractivity contribution < 1.29 is 37.4 Å². The van der Waals surface area contributed by atoms with Gasteiger partial charge in [-0.2, -0.15) is 5.09 Å². The molecule has 2 unspecified atom stereocenters. The molecule has 1 saturated heterocycles. The summed E-state index contributed by atoms with van der Waals surface area (Å²) in [4.78, 5) is 24.3. The van der Waals surface area contributed by atoms with Crippen molar-refractivity contribution >= 4 is 30.7 Å². The van der Waals surface area contributed by atoms with Crippen LogP contribution in [0.3, 0.4) is 0 Å². The van der Waals surface area contributed by atoms with Gasteiger partial charge in [-0.1, -0.05) is 18.2 Å². The molecule has 4 rings (SSSR count). The van der Waals surface area contributed by atoms with Crippen molar-refractivity contribution in [2.75, 3.05) is 12.3 Å². The van der Waals surface area contributed by atoms with E-state index in [2.05, 4.69) is 20.0 Å². The van der Waals surface area contributed by atoms with Crippen molar-refractivity contribution in [3.05, 3.63) is 43.0 Å². The van der Waals surface area contributed by atoms with Gasteiger partial charge in [-0.05, 0) is 32.9 Å². The molecule has 3 heterocycles. The first-order chi connectivity index (χ1) is 17.6. The fourth-order valence-corrected chi connectivity index (χ4v) is 5.13. The number of aliphatic hydroxyl groups is 1. The predicted molar refractivity (Wildman–Crippen MR) is 129 cm³/mol. The maximum Gasteiger partial charge on any atom is 0.459 e. The summed E-state index contributed by atoms with van der Waals surface area (Å²) in [5.74, 6) is -0.378. The third kappa shape index (κ3) is 6.05. The Morgan fingerprint density at radius 1 is 1.27 bits per heavy atom. The molecule has 200 valence electrons. The Balaban J connectivity index is 1.50. The van der Waals surface area contributed by atoms with Crippen LogP contribution in [0.4, 0.5) is 10.2 Å². The number of rotatable bonds is 10. The number of aliphatic hydroxyl groups excluding tert-OH is 1. The lowest BCUT2D eigenvalue weighted by Gasteiger charge is -2.25. The number of ether oxygens (including phenoxy) is 2. The van der Waals surface area contributed by atoms with Crippen LogP contribution < -0.4 is 15.3 Å². The number of nitrogen functional groups attached to an aromatic ring is 1. The van der Waals surface area contributed by atoms with E-state index in [4.69, 9.17) is 24.3 Å². The van der Waals surface area contributed by atoms with E-state index >= 15 is 4.39 Å². The van der Waals surface area contributed by atoms with Crippen LogP contribution in [-0.4, -0.2) is 67.7 Å². The topological polar surface area (TPSA) is 173 Å². The Hall–Kier alpha value is -3.16. The minimum Gasteiger partial charge on any atom is -0.462 e. The second kappa shape index (κ2) is 11.1. The second-order valence-corrected chi connectivity index (χ2v) is 10.3. The summed E-state index contributed by atoms with van der Waals surface area (Å²) in [7, 11) is -4.24. The van der Waals surface area contributed by atoms with Crippen molar-refractivity contribution in [1.29, 1.82) is 0 Å². The van der Waals surface area contributed by atoms with Crippen LogP contribution in [0, 0.1) is 0 Å². The summed E-state index contributed by atoms with van der Waals surface area (Å²) >= 11 is 0. The molecule has 1 aliphatic rings. The van der Waals surface area contributed by atoms with Gasteiger partial charge in [0.1, 0.15) is 35.8 Å². The number of carbonyl (C=O) groups excluding carboxylic acids is 1. The third-order valence-corrected chi connectivity index (χ3v) is 7.03. The molecule has 1 aliphatic heterocycles. The number of esters is 1. The largest absolute Gasteiger partial charge is 0.462 e. The first kappa shape index (κ1) is 26.9. The number of aromatic nitrogens is 4. The van der Waals surface area contributed by atoms with E-state index in [0.717, 1.165) is 0 Å². The fourth-order valence-electron chi connectivity index (χ4n) is 3.63. The maximum absolute atomic E-state index is 15.1. The van der Waals surface area contributed by atoms with Crippen LogP contribution in [0.15, 0.2) is 43.0 Å². The molecule has 0 aliphatic carbocycles. The van der Waals surface area contributed by atoms with Gasteiger partial charge in [-0.15, -0.1) is 0 Å². The Morgan fingerprint density at radius 3 is 2.70 bits per heavy atom. The van der Waals surface area contributed by atoms with Gasteiger partial charge in [0.15, 0.2) is 23.9 Å². The number of hydrogen-bond acceptors (Lipinski definition) is 11. The molecule has 37 heavy (non-hydrogen) atoms. The third-order valence-electron chi connectivity index (χ3n) is 5.39. The van der Waals surface area contributed by atoms with E-state index in [1.165, 1.54) is 24.1 Å². The van der Waals surface area contributed by atoms with Crippen molar-refractivity contribution in [2.45, 2.75) is 57.5 Å². The van der Waals surface area contributed by atoms with E-state index in [1.807, 2.05) is 0 Å². The number of imidazole rings is 1. The molecular formula is C22H28FN6O7P. The van der Waals surface area contributed by atoms with Gasteiger partial charge < -0.3 is 24.8 Å². The molecule has 15 heteroatoms. The molecule has 2 aromatic heterocycles. The van der Waals surface area contributed by atoms with E-state index in [0.29, 0.717) is 0 Å². The number of fused-ring (bicyclic) bond motifs is 1. The normalized spacial score (nSPS) is 24.2. The van der Waals surface area contributed by atoms with E-state index in [-0.39, 0.29) is 22.7 Å². The van der Waals surface area contributed by atoms with Crippen LogP contribution in [-0.2, 0) is 23.4 Å². The highest BCUT2D eigenvalue weighted by atomic mass is 31.2. The minimum atomic E-state index is -4.24. The van der Waals surface area contributed by atoms with Crippen molar-refractivity contribution in [2.24, 2.45) is 0 Å². The van der Waals surface area contributed by atoms with E-state index < -0.39 is 57.1 Å². The first-order valence-electron chi connectivity index (χ1n) is 11.5. The molecule has 0 bridgehead atoms. The van der Waals surface area contributed by atoms with Gasteiger partial charge in [0.05, 0.1) is 19.0 Å². The Kier molecular flexibility index (Phi) is 8.05. The first-order valence-corrected chi connectivity index (χ1v) is 13.0. The van der Waals surface area contributed by atoms with Gasteiger partial charge >= 0.3 is 13.7 Å². The molecule has 3 aromatic rings. The standard InChI is InChI=1S/C22H28FN6O7P/c1-12(2)34-22(31)13(3)28-37(32,36-14-7-5-4-6-8-14)33-9-15-18(30)16(23)21(35-15)29-11-27-17-19(24)25-10-26-20(17)29/h4-8,10-13,15-16,18,21,30H,9H2,1-3H3,(H,28,32)(H2,24,25,26)/t13-,15+,16?,18-,21+,37?/m0/s1. The SMILES string of the molecule is CC(C)OC(=O)[C@H](C)NP(=O)(OC[C@H]1O[C@@H](n2cnc3c(N)ncnc32)C(F)[C@H]1O)Oc1ccccc1. The predicted octanol–water partition coefficient (Wildman–Crippen LogP) is 2.14. The van der Waals surface area contributed by atoms with E-state index in [9.17, 15) is 14.5 Å². The zero-order valence-electron chi connectivity index (χ0n) is 20.3. The van der Waals surface area contributed by atoms with Crippen LogP contribution in [0.2, 0.25) is 0 Å². The molecule has 0 saturated carbocycles. The maximum atomic E-state index is 15.1. The summed E-state index contributed by atoms with van der Waals surface area (Å²) in [5, 5.41) is 13.0. The summed E-state index contributed by atoms with van der Waals surface area (Å²) in [6, 6.07) is 7.06. The molecule has 4 N–H and O–H groups in total. The van der Waals surface area contributed by atoms with E-state index in [1.54, 1.807) is 44.2 Å². The number of nitrogens with zero attached hydrogens (tertiary/aromatic N) is 4. The van der Waals surface area contributed by atoms with Crippen LogP contribution in [0.25, 0.3) is 11.2 Å². The van der Waals surface area contributed by atoms with Gasteiger partial charge in [0.2, 0.25) is 0 Å². The number of alkyl halides is 1. The molecule has 0 amide bonds. The van der Waals surface area contributed by atoms with Crippen molar-refractivity contribution in [1.82, 2.24) is 24.6 Å². The van der Waals surface area contributed by atoms with Gasteiger partial charge in [0, 0.05) is 0 Å². The highest BCUT2D eigenvalue weighted by Gasteiger charge is 2.47. The van der Waals surface area contributed by atoms with Crippen LogP contribution in [0.1, 0.15) is 27.0 Å². The fraction of sp³-hybridized carbons (Fsp3) is 0.455. The smallest absolute Gasteiger partial charge is 0.459 e. The summed E-state index contributed by atoms with van der Waals surface area (Å²) in [5.41, 5.74) is 6.25. The zero-order chi connectivity index (χ0) is 26.7. The van der Waals surface area contributed by atoms with Crippen LogP contribution in [0.5, 0.6) is 5.75 Å². The number of halogens is 1. The Bertz CT molecular complexity index is 1280. The molecule has 0 spiro atoms. The second-order valence-electron chi connectivity index (χ2n) is 8.62. The molecule has 13 nitrogen and oxygen atoms in total. The number of nitrogens with one attached hydrogen (secondary N) is 1. The zero-order valence-corrected chi connectivity index (χ0v) is 21.2. The number of benzene rings is 1. The number of carbonyl (C=O) groups is 1. The molecular weight excluding hydrogens is 510 g/mol. The molecule has 0 radical (unpaired) electrons. The molecule has 6 atom stereocenters. The lowest BCUT2D eigenvalue weighted by Crippen LogP contribution is -2.37. The highest BCUT2D eigenvalue weighted by molar-refractivity contribution is 7.52. The minimum absolute atomic E-state index is 0.104. The van der Waals surface area contributed by atoms with Gasteiger partial charge in [-0.25, -0.2) is 23.9 Å². The Morgan fingerprint density at radius 2 is 2.00 bits per heavy atom. The average Bonchev–Trinajstić information content (AvgIpc) is 3.40.